The lowest BCUT2D eigenvalue weighted by atomic mass is 10.0. The van der Waals surface area contributed by atoms with Crippen LogP contribution in [-0.2, 0) is 21.2 Å². The molecule has 7 heteroatoms. The molecule has 1 unspecified atom stereocenters. The summed E-state index contributed by atoms with van der Waals surface area (Å²) in [7, 11) is -3.56. The average molecular weight is 382 g/mol. The van der Waals surface area contributed by atoms with Crippen LogP contribution in [0.1, 0.15) is 45.1 Å². The standard InChI is InChI=1S/C19H31N3O3S/c1-15(2)13-16-6-8-18(9-7-16)26(24,25)22-12-4-3-5-17(22)14-21-19(23)10-11-20/h6-9,15,17H,3-5,10-14,20H2,1-2H3,(H,21,23). The first-order valence-corrected chi connectivity index (χ1v) is 10.9. The van der Waals surface area contributed by atoms with Gasteiger partial charge in [0.25, 0.3) is 0 Å². The van der Waals surface area contributed by atoms with Crippen molar-refractivity contribution in [3.8, 4) is 0 Å². The van der Waals surface area contributed by atoms with Gasteiger partial charge in [0.2, 0.25) is 15.9 Å². The zero-order valence-electron chi connectivity index (χ0n) is 15.8. The van der Waals surface area contributed by atoms with Crippen molar-refractivity contribution in [2.75, 3.05) is 19.6 Å². The van der Waals surface area contributed by atoms with Crippen molar-refractivity contribution >= 4 is 15.9 Å². The van der Waals surface area contributed by atoms with Gasteiger partial charge >= 0.3 is 0 Å². The monoisotopic (exact) mass is 381 g/mol. The number of hydrogen-bond acceptors (Lipinski definition) is 4. The lowest BCUT2D eigenvalue weighted by Crippen LogP contribution is -2.49. The van der Waals surface area contributed by atoms with E-state index in [0.29, 0.717) is 30.4 Å². The van der Waals surface area contributed by atoms with Gasteiger partial charge in [-0.3, -0.25) is 4.79 Å². The molecule has 1 heterocycles. The minimum absolute atomic E-state index is 0.131. The van der Waals surface area contributed by atoms with Crippen molar-refractivity contribution in [3.05, 3.63) is 29.8 Å². The Morgan fingerprint density at radius 1 is 1.27 bits per heavy atom. The van der Waals surface area contributed by atoms with Crippen molar-refractivity contribution in [1.29, 1.82) is 0 Å². The zero-order valence-corrected chi connectivity index (χ0v) is 16.6. The number of carbonyl (C=O) groups is 1. The van der Waals surface area contributed by atoms with Crippen molar-refractivity contribution < 1.29 is 13.2 Å². The molecule has 0 aromatic heterocycles. The highest BCUT2D eigenvalue weighted by molar-refractivity contribution is 7.89. The van der Waals surface area contributed by atoms with Gasteiger partial charge in [0, 0.05) is 32.1 Å². The van der Waals surface area contributed by atoms with Gasteiger partial charge in [0.15, 0.2) is 0 Å². The Labute approximate surface area is 157 Å². The summed E-state index contributed by atoms with van der Waals surface area (Å²) in [5.74, 6) is 0.398. The fraction of sp³-hybridized carbons (Fsp3) is 0.632. The third kappa shape index (κ3) is 5.53. The van der Waals surface area contributed by atoms with Gasteiger partial charge in [0.1, 0.15) is 0 Å². The van der Waals surface area contributed by atoms with Crippen LogP contribution in [-0.4, -0.2) is 44.3 Å². The fourth-order valence-electron chi connectivity index (χ4n) is 3.35. The van der Waals surface area contributed by atoms with Crippen LogP contribution in [0.15, 0.2) is 29.2 Å². The average Bonchev–Trinajstić information content (AvgIpc) is 2.60. The number of nitrogens with two attached hydrogens (primary N) is 1. The lowest BCUT2D eigenvalue weighted by molar-refractivity contribution is -0.121. The Hall–Kier alpha value is -1.44. The molecule has 1 atom stereocenters. The summed E-state index contributed by atoms with van der Waals surface area (Å²) in [6.07, 6.45) is 3.76. The van der Waals surface area contributed by atoms with Gasteiger partial charge in [-0.1, -0.05) is 32.4 Å². The molecular weight excluding hydrogens is 350 g/mol. The van der Waals surface area contributed by atoms with Crippen LogP contribution in [0.2, 0.25) is 0 Å². The lowest BCUT2D eigenvalue weighted by Gasteiger charge is -2.34. The number of carbonyl (C=O) groups excluding carboxylic acids is 1. The maximum atomic E-state index is 13.1. The molecule has 0 spiro atoms. The van der Waals surface area contributed by atoms with E-state index in [4.69, 9.17) is 5.73 Å². The van der Waals surface area contributed by atoms with Gasteiger partial charge < -0.3 is 11.1 Å². The minimum atomic E-state index is -3.56. The predicted molar refractivity (Wildman–Crippen MR) is 103 cm³/mol. The van der Waals surface area contributed by atoms with E-state index in [9.17, 15) is 13.2 Å². The van der Waals surface area contributed by atoms with Crippen molar-refractivity contribution in [1.82, 2.24) is 9.62 Å². The van der Waals surface area contributed by atoms with Crippen LogP contribution in [0.25, 0.3) is 0 Å². The van der Waals surface area contributed by atoms with Crippen molar-refractivity contribution in [2.24, 2.45) is 11.7 Å². The summed E-state index contributed by atoms with van der Waals surface area (Å²) >= 11 is 0. The largest absolute Gasteiger partial charge is 0.354 e. The molecule has 3 N–H and O–H groups in total. The van der Waals surface area contributed by atoms with E-state index in [1.807, 2.05) is 12.1 Å². The SMILES string of the molecule is CC(C)Cc1ccc(S(=O)(=O)N2CCCCC2CNC(=O)CCN)cc1. The summed E-state index contributed by atoms with van der Waals surface area (Å²) in [6.45, 7) is 5.40. The number of nitrogens with one attached hydrogen (secondary N) is 1. The van der Waals surface area contributed by atoms with Gasteiger partial charge in [0.05, 0.1) is 4.90 Å². The van der Waals surface area contributed by atoms with Crippen LogP contribution >= 0.6 is 0 Å². The van der Waals surface area contributed by atoms with Crippen LogP contribution in [0, 0.1) is 5.92 Å². The van der Waals surface area contributed by atoms with Gasteiger partial charge in [-0.05, 0) is 42.9 Å². The maximum Gasteiger partial charge on any atom is 0.243 e. The Morgan fingerprint density at radius 3 is 2.58 bits per heavy atom. The molecule has 1 aromatic rings. The highest BCUT2D eigenvalue weighted by Crippen LogP contribution is 2.25. The first-order valence-electron chi connectivity index (χ1n) is 9.42. The van der Waals surface area contributed by atoms with E-state index in [0.717, 1.165) is 31.2 Å². The summed E-state index contributed by atoms with van der Waals surface area (Å²) in [4.78, 5) is 12.0. The molecule has 1 aliphatic rings. The highest BCUT2D eigenvalue weighted by Gasteiger charge is 2.33. The smallest absolute Gasteiger partial charge is 0.243 e. The van der Waals surface area contributed by atoms with E-state index in [1.54, 1.807) is 16.4 Å². The number of rotatable bonds is 8. The summed E-state index contributed by atoms with van der Waals surface area (Å²) in [5.41, 5.74) is 6.53. The van der Waals surface area contributed by atoms with Gasteiger partial charge in [-0.15, -0.1) is 0 Å². The normalized spacial score (nSPS) is 18.8. The van der Waals surface area contributed by atoms with E-state index < -0.39 is 10.0 Å². The number of sulfonamides is 1. The minimum Gasteiger partial charge on any atom is -0.354 e. The van der Waals surface area contributed by atoms with E-state index in [2.05, 4.69) is 19.2 Å². The second-order valence-corrected chi connectivity index (χ2v) is 9.24. The Morgan fingerprint density at radius 2 is 1.96 bits per heavy atom. The number of amides is 1. The molecule has 6 nitrogen and oxygen atoms in total. The Bertz CT molecular complexity index is 686. The molecule has 0 radical (unpaired) electrons. The molecule has 1 aromatic carbocycles. The molecule has 1 saturated heterocycles. The first-order chi connectivity index (χ1) is 12.3. The molecule has 1 amide bonds. The molecule has 0 saturated carbocycles. The molecule has 146 valence electrons. The molecule has 2 rings (SSSR count). The zero-order chi connectivity index (χ0) is 19.2. The van der Waals surface area contributed by atoms with E-state index in [-0.39, 0.29) is 18.4 Å². The third-order valence-electron chi connectivity index (χ3n) is 4.65. The van der Waals surface area contributed by atoms with Crippen molar-refractivity contribution in [2.45, 2.75) is 56.9 Å². The van der Waals surface area contributed by atoms with E-state index in [1.165, 1.54) is 0 Å². The molecule has 0 aliphatic carbocycles. The van der Waals surface area contributed by atoms with E-state index >= 15 is 0 Å². The number of nitrogens with zero attached hydrogens (tertiary/aromatic N) is 1. The molecule has 0 bridgehead atoms. The molecule has 26 heavy (non-hydrogen) atoms. The van der Waals surface area contributed by atoms with Crippen LogP contribution in [0.4, 0.5) is 0 Å². The highest BCUT2D eigenvalue weighted by atomic mass is 32.2. The topological polar surface area (TPSA) is 92.5 Å². The Kier molecular flexibility index (Phi) is 7.61. The molecule has 1 fully saturated rings. The van der Waals surface area contributed by atoms with Crippen molar-refractivity contribution in [3.63, 3.8) is 0 Å². The summed E-state index contributed by atoms with van der Waals surface area (Å²) in [6, 6.07) is 6.99. The number of benzene rings is 1. The summed E-state index contributed by atoms with van der Waals surface area (Å²) < 4.78 is 27.7. The van der Waals surface area contributed by atoms with Gasteiger partial charge in [-0.25, -0.2) is 8.42 Å². The first kappa shape index (κ1) is 20.9. The van der Waals surface area contributed by atoms with Crippen LogP contribution in [0.5, 0.6) is 0 Å². The predicted octanol–water partition coefficient (Wildman–Crippen LogP) is 1.89. The van der Waals surface area contributed by atoms with Crippen LogP contribution < -0.4 is 11.1 Å². The fourth-order valence-corrected chi connectivity index (χ4v) is 5.04. The molecule has 1 aliphatic heterocycles. The quantitative estimate of drug-likeness (QED) is 0.719. The maximum absolute atomic E-state index is 13.1. The Balaban J connectivity index is 2.12. The molecular formula is C19H31N3O3S. The van der Waals surface area contributed by atoms with Gasteiger partial charge in [-0.2, -0.15) is 4.31 Å². The number of piperidine rings is 1. The second-order valence-electron chi connectivity index (χ2n) is 7.35. The number of hydrogen-bond donors (Lipinski definition) is 2. The third-order valence-corrected chi connectivity index (χ3v) is 6.62. The van der Waals surface area contributed by atoms with Crippen LogP contribution in [0.3, 0.4) is 0 Å². The second kappa shape index (κ2) is 9.48. The summed E-state index contributed by atoms with van der Waals surface area (Å²) in [5, 5.41) is 2.81.